The van der Waals surface area contributed by atoms with Gasteiger partial charge in [-0.25, -0.2) is 0 Å². The average Bonchev–Trinajstić information content (AvgIpc) is 2.40. The molecule has 0 aliphatic carbocycles. The maximum absolute atomic E-state index is 13.5. The predicted molar refractivity (Wildman–Crippen MR) is 74.1 cm³/mol. The summed E-state index contributed by atoms with van der Waals surface area (Å²) < 4.78 is 18.9. The molecule has 104 valence electrons. The van der Waals surface area contributed by atoms with Gasteiger partial charge in [0.1, 0.15) is 11.5 Å². The van der Waals surface area contributed by atoms with Crippen LogP contribution in [0.3, 0.4) is 0 Å². The Balaban J connectivity index is 2.31. The maximum atomic E-state index is 13.5. The van der Waals surface area contributed by atoms with E-state index in [0.29, 0.717) is 16.3 Å². The molecule has 0 aromatic heterocycles. The Kier molecular flexibility index (Phi) is 4.42. The smallest absolute Gasteiger partial charge is 0.305 e. The fourth-order valence-corrected chi connectivity index (χ4v) is 1.98. The van der Waals surface area contributed by atoms with E-state index in [-0.39, 0.29) is 11.6 Å². The van der Waals surface area contributed by atoms with E-state index < -0.39 is 16.4 Å². The van der Waals surface area contributed by atoms with Gasteiger partial charge in [-0.2, -0.15) is 4.39 Å². The van der Waals surface area contributed by atoms with Crippen molar-refractivity contribution in [3.63, 3.8) is 0 Å². The topological polar surface area (TPSA) is 52.4 Å². The van der Waals surface area contributed by atoms with Crippen molar-refractivity contribution in [3.8, 4) is 11.5 Å². The third kappa shape index (κ3) is 3.18. The molecule has 0 spiro atoms. The van der Waals surface area contributed by atoms with Crippen LogP contribution >= 0.6 is 23.2 Å². The molecule has 20 heavy (non-hydrogen) atoms. The number of nitro benzene ring substituents is 1. The highest BCUT2D eigenvalue weighted by Crippen LogP contribution is 2.31. The largest absolute Gasteiger partial charge is 0.457 e. The van der Waals surface area contributed by atoms with Gasteiger partial charge in [-0.15, -0.1) is 11.6 Å². The van der Waals surface area contributed by atoms with E-state index in [1.165, 1.54) is 6.07 Å². The minimum absolute atomic E-state index is 0.141. The van der Waals surface area contributed by atoms with Gasteiger partial charge < -0.3 is 4.74 Å². The van der Waals surface area contributed by atoms with Crippen molar-refractivity contribution in [2.45, 2.75) is 5.88 Å². The quantitative estimate of drug-likeness (QED) is 0.457. The first-order chi connectivity index (χ1) is 9.51. The van der Waals surface area contributed by atoms with E-state index in [1.807, 2.05) is 0 Å². The summed E-state index contributed by atoms with van der Waals surface area (Å²) in [6, 6.07) is 8.14. The van der Waals surface area contributed by atoms with Crippen LogP contribution in [0.25, 0.3) is 0 Å². The monoisotopic (exact) mass is 315 g/mol. The third-order valence-electron chi connectivity index (χ3n) is 2.51. The molecule has 0 saturated heterocycles. The van der Waals surface area contributed by atoms with Crippen LogP contribution in [0.1, 0.15) is 5.56 Å². The number of hydrogen-bond acceptors (Lipinski definition) is 3. The van der Waals surface area contributed by atoms with Crippen molar-refractivity contribution in [1.82, 2.24) is 0 Å². The van der Waals surface area contributed by atoms with E-state index in [4.69, 9.17) is 27.9 Å². The van der Waals surface area contributed by atoms with E-state index in [1.54, 1.807) is 18.2 Å². The molecule has 0 radical (unpaired) electrons. The number of nitrogens with zero attached hydrogens (tertiary/aromatic N) is 1. The van der Waals surface area contributed by atoms with Gasteiger partial charge in [0.05, 0.1) is 10.8 Å². The number of hydrogen-bond donors (Lipinski definition) is 0. The second-order valence-corrected chi connectivity index (χ2v) is 4.56. The molecule has 2 aromatic rings. The van der Waals surface area contributed by atoms with E-state index in [9.17, 15) is 14.5 Å². The zero-order valence-corrected chi connectivity index (χ0v) is 11.5. The van der Waals surface area contributed by atoms with Crippen molar-refractivity contribution in [1.29, 1.82) is 0 Å². The summed E-state index contributed by atoms with van der Waals surface area (Å²) in [5, 5.41) is 11.0. The molecule has 0 atom stereocenters. The molecular weight excluding hydrogens is 308 g/mol. The standard InChI is InChI=1S/C13H8Cl2FNO3/c14-7-8-5-9(15)1-4-13(8)20-10-2-3-12(17(18)19)11(16)6-10/h1-6H,7H2. The van der Waals surface area contributed by atoms with Crippen molar-refractivity contribution < 1.29 is 14.1 Å². The van der Waals surface area contributed by atoms with Crippen LogP contribution in [0.4, 0.5) is 10.1 Å². The second kappa shape index (κ2) is 6.07. The Hall–Kier alpha value is -1.85. The van der Waals surface area contributed by atoms with Crippen LogP contribution in [-0.2, 0) is 5.88 Å². The lowest BCUT2D eigenvalue weighted by Gasteiger charge is -2.10. The zero-order chi connectivity index (χ0) is 14.7. The fraction of sp³-hybridized carbons (Fsp3) is 0.0769. The van der Waals surface area contributed by atoms with Gasteiger partial charge in [-0.05, 0) is 24.3 Å². The first kappa shape index (κ1) is 14.6. The minimum Gasteiger partial charge on any atom is -0.457 e. The molecule has 7 heteroatoms. The first-order valence-electron chi connectivity index (χ1n) is 5.47. The van der Waals surface area contributed by atoms with Crippen molar-refractivity contribution in [2.75, 3.05) is 0 Å². The van der Waals surface area contributed by atoms with Crippen LogP contribution in [0, 0.1) is 15.9 Å². The van der Waals surface area contributed by atoms with Crippen molar-refractivity contribution in [2.24, 2.45) is 0 Å². The number of alkyl halides is 1. The number of halogens is 3. The van der Waals surface area contributed by atoms with E-state index in [2.05, 4.69) is 0 Å². The molecule has 4 nitrogen and oxygen atoms in total. The van der Waals surface area contributed by atoms with Crippen molar-refractivity contribution >= 4 is 28.9 Å². The Morgan fingerprint density at radius 2 is 2.00 bits per heavy atom. The average molecular weight is 316 g/mol. The van der Waals surface area contributed by atoms with Crippen LogP contribution in [0.5, 0.6) is 11.5 Å². The number of ether oxygens (including phenoxy) is 1. The lowest BCUT2D eigenvalue weighted by Crippen LogP contribution is -1.94. The number of rotatable bonds is 4. The van der Waals surface area contributed by atoms with Crippen LogP contribution in [-0.4, -0.2) is 4.92 Å². The summed E-state index contributed by atoms with van der Waals surface area (Å²) in [6.07, 6.45) is 0. The van der Waals surface area contributed by atoms with Gasteiger partial charge in [-0.1, -0.05) is 11.6 Å². The van der Waals surface area contributed by atoms with Crippen LogP contribution < -0.4 is 4.74 Å². The normalized spacial score (nSPS) is 10.3. The molecule has 0 unspecified atom stereocenters. The molecule has 0 bridgehead atoms. The summed E-state index contributed by atoms with van der Waals surface area (Å²) >= 11 is 11.6. The molecule has 2 aromatic carbocycles. The summed E-state index contributed by atoms with van der Waals surface area (Å²) in [4.78, 5) is 9.72. The fourth-order valence-electron chi connectivity index (χ4n) is 1.58. The lowest BCUT2D eigenvalue weighted by molar-refractivity contribution is -0.387. The highest BCUT2D eigenvalue weighted by atomic mass is 35.5. The maximum Gasteiger partial charge on any atom is 0.305 e. The second-order valence-electron chi connectivity index (χ2n) is 3.86. The summed E-state index contributed by atoms with van der Waals surface area (Å²) in [5.41, 5.74) is 0.0314. The van der Waals surface area contributed by atoms with Crippen molar-refractivity contribution in [3.05, 3.63) is 62.9 Å². The number of nitro groups is 1. The summed E-state index contributed by atoms with van der Waals surface area (Å²) in [5.74, 6) is -0.237. The summed E-state index contributed by atoms with van der Waals surface area (Å²) in [7, 11) is 0. The number of benzene rings is 2. The Morgan fingerprint density at radius 3 is 2.60 bits per heavy atom. The molecule has 2 rings (SSSR count). The molecule has 0 aliphatic rings. The van der Waals surface area contributed by atoms with E-state index in [0.717, 1.165) is 12.1 Å². The van der Waals surface area contributed by atoms with Crippen LogP contribution in [0.15, 0.2) is 36.4 Å². The van der Waals surface area contributed by atoms with E-state index >= 15 is 0 Å². The molecule has 0 saturated carbocycles. The van der Waals surface area contributed by atoms with Gasteiger partial charge in [-0.3, -0.25) is 10.1 Å². The lowest BCUT2D eigenvalue weighted by atomic mass is 10.2. The third-order valence-corrected chi connectivity index (χ3v) is 3.03. The highest BCUT2D eigenvalue weighted by molar-refractivity contribution is 6.30. The van der Waals surface area contributed by atoms with Gasteiger partial charge in [0.25, 0.3) is 0 Å². The van der Waals surface area contributed by atoms with Gasteiger partial charge in [0, 0.05) is 22.7 Å². The minimum atomic E-state index is -0.964. The Bertz CT molecular complexity index is 664. The molecule has 0 N–H and O–H groups in total. The Labute approximate surface area is 123 Å². The molecule has 0 fully saturated rings. The predicted octanol–water partition coefficient (Wildman–Crippen LogP) is 4.92. The first-order valence-corrected chi connectivity index (χ1v) is 6.38. The summed E-state index contributed by atoms with van der Waals surface area (Å²) in [6.45, 7) is 0. The van der Waals surface area contributed by atoms with Gasteiger partial charge in [0.2, 0.25) is 5.82 Å². The molecule has 0 heterocycles. The molecule has 0 aliphatic heterocycles. The SMILES string of the molecule is O=[N+]([O-])c1ccc(Oc2ccc(Cl)cc2CCl)cc1F. The molecule has 0 amide bonds. The molecular formula is C13H8Cl2FNO3. The van der Waals surface area contributed by atoms with Gasteiger partial charge >= 0.3 is 5.69 Å². The van der Waals surface area contributed by atoms with Crippen LogP contribution in [0.2, 0.25) is 5.02 Å². The highest BCUT2D eigenvalue weighted by Gasteiger charge is 2.15. The zero-order valence-electron chi connectivity index (χ0n) is 9.98. The van der Waals surface area contributed by atoms with Gasteiger partial charge in [0.15, 0.2) is 0 Å². The Morgan fingerprint density at radius 1 is 1.25 bits per heavy atom.